The molecule has 0 N–H and O–H groups in total. The summed E-state index contributed by atoms with van der Waals surface area (Å²) in [6.07, 6.45) is 1.57. The molecule has 0 saturated carbocycles. The quantitative estimate of drug-likeness (QED) is 0.525. The number of hydrogen-bond donors (Lipinski definition) is 0. The molecule has 0 atom stereocenters. The van der Waals surface area contributed by atoms with Gasteiger partial charge < -0.3 is 14.3 Å². The predicted octanol–water partition coefficient (Wildman–Crippen LogP) is 1.08. The highest BCUT2D eigenvalue weighted by atomic mass is 16.4. The van der Waals surface area contributed by atoms with Gasteiger partial charge in [-0.15, -0.1) is 0 Å². The zero-order valence-electron chi connectivity index (χ0n) is 11.2. The molecule has 2 heterocycles. The number of pyridine rings is 1. The molecule has 1 aromatic carbocycles. The molecule has 0 radical (unpaired) electrons. The summed E-state index contributed by atoms with van der Waals surface area (Å²) in [4.78, 5) is 36.9. The number of benzene rings is 1. The third kappa shape index (κ3) is 1.39. The van der Waals surface area contributed by atoms with Gasteiger partial charge in [0.15, 0.2) is 5.78 Å². The Morgan fingerprint density at radius 1 is 0.909 bits per heavy atom. The standard InChI is InChI=1S/C17H9NO4/c19-15-9-5-1-2-6-10(9)16(20)14-13(15)12(17(21)22)11-7-3-4-8-18(11)14/h1-8H,(H,21,22)/p-1. The number of rotatable bonds is 1. The van der Waals surface area contributed by atoms with Gasteiger partial charge in [-0.05, 0) is 12.1 Å². The van der Waals surface area contributed by atoms with Crippen molar-refractivity contribution in [2.24, 2.45) is 0 Å². The molecule has 5 heteroatoms. The van der Waals surface area contributed by atoms with Gasteiger partial charge in [-0.25, -0.2) is 0 Å². The Morgan fingerprint density at radius 3 is 2.23 bits per heavy atom. The Balaban J connectivity index is 2.20. The molecule has 0 spiro atoms. The second-order valence-electron chi connectivity index (χ2n) is 5.05. The smallest absolute Gasteiger partial charge is 0.211 e. The second kappa shape index (κ2) is 4.14. The monoisotopic (exact) mass is 290 g/mol. The summed E-state index contributed by atoms with van der Waals surface area (Å²) in [5, 5.41) is 11.5. The molecule has 0 aliphatic heterocycles. The fraction of sp³-hybridized carbons (Fsp3) is 0. The van der Waals surface area contributed by atoms with Gasteiger partial charge in [-0.3, -0.25) is 9.59 Å². The lowest BCUT2D eigenvalue weighted by atomic mass is 9.86. The van der Waals surface area contributed by atoms with Gasteiger partial charge in [0.25, 0.3) is 0 Å². The fourth-order valence-corrected chi connectivity index (χ4v) is 3.00. The SMILES string of the molecule is O=C1c2ccccc2C(=O)c2c1c(C(=O)[O-])c1ccccn21. The number of fused-ring (bicyclic) bond motifs is 4. The fourth-order valence-electron chi connectivity index (χ4n) is 3.00. The Kier molecular flexibility index (Phi) is 2.36. The molecular weight excluding hydrogens is 282 g/mol. The van der Waals surface area contributed by atoms with E-state index in [2.05, 4.69) is 0 Å². The van der Waals surface area contributed by atoms with Crippen LogP contribution in [0.5, 0.6) is 0 Å². The number of nitrogens with zero attached hydrogens (tertiary/aromatic N) is 1. The van der Waals surface area contributed by atoms with Crippen molar-refractivity contribution in [3.63, 3.8) is 0 Å². The van der Waals surface area contributed by atoms with Gasteiger partial charge in [0.2, 0.25) is 5.78 Å². The zero-order valence-corrected chi connectivity index (χ0v) is 11.2. The third-order valence-corrected chi connectivity index (χ3v) is 3.91. The maximum Gasteiger partial charge on any atom is 0.211 e. The normalized spacial score (nSPS) is 13.1. The van der Waals surface area contributed by atoms with Crippen LogP contribution in [-0.2, 0) is 0 Å². The first-order valence-electron chi connectivity index (χ1n) is 6.64. The largest absolute Gasteiger partial charge is 0.545 e. The van der Waals surface area contributed by atoms with Crippen LogP contribution in [0.2, 0.25) is 0 Å². The van der Waals surface area contributed by atoms with E-state index in [4.69, 9.17) is 0 Å². The molecule has 3 aromatic rings. The van der Waals surface area contributed by atoms with Crippen molar-refractivity contribution in [2.75, 3.05) is 0 Å². The molecule has 1 aliphatic rings. The van der Waals surface area contributed by atoms with Gasteiger partial charge in [0, 0.05) is 22.9 Å². The lowest BCUT2D eigenvalue weighted by Gasteiger charge is -2.15. The summed E-state index contributed by atoms with van der Waals surface area (Å²) < 4.78 is 1.44. The van der Waals surface area contributed by atoms with E-state index in [0.29, 0.717) is 0 Å². The zero-order chi connectivity index (χ0) is 15.4. The molecule has 0 fully saturated rings. The van der Waals surface area contributed by atoms with Gasteiger partial charge in [-0.2, -0.15) is 0 Å². The maximum absolute atomic E-state index is 12.7. The van der Waals surface area contributed by atoms with E-state index in [1.54, 1.807) is 42.6 Å². The van der Waals surface area contributed by atoms with E-state index in [1.165, 1.54) is 10.5 Å². The number of carboxylic acids is 1. The third-order valence-electron chi connectivity index (χ3n) is 3.91. The molecule has 0 saturated heterocycles. The minimum Gasteiger partial charge on any atom is -0.545 e. The van der Waals surface area contributed by atoms with E-state index in [9.17, 15) is 19.5 Å². The van der Waals surface area contributed by atoms with E-state index < -0.39 is 11.8 Å². The number of carbonyl (C=O) groups is 3. The highest BCUT2D eigenvalue weighted by Gasteiger charge is 2.35. The Hall–Kier alpha value is -3.21. The predicted molar refractivity (Wildman–Crippen MR) is 75.0 cm³/mol. The van der Waals surface area contributed by atoms with Gasteiger partial charge in [0.1, 0.15) is 5.69 Å². The molecule has 0 amide bonds. The van der Waals surface area contributed by atoms with Crippen LogP contribution in [0.3, 0.4) is 0 Å². The lowest BCUT2D eigenvalue weighted by Crippen LogP contribution is -2.27. The Bertz CT molecular complexity index is 997. The lowest BCUT2D eigenvalue weighted by molar-refractivity contribution is -0.254. The molecule has 0 unspecified atom stereocenters. The summed E-state index contributed by atoms with van der Waals surface area (Å²) in [6, 6.07) is 11.3. The number of hydrogen-bond acceptors (Lipinski definition) is 4. The van der Waals surface area contributed by atoms with Crippen molar-refractivity contribution in [3.8, 4) is 0 Å². The van der Waals surface area contributed by atoms with Crippen LogP contribution in [0.1, 0.15) is 42.3 Å². The van der Waals surface area contributed by atoms with Crippen LogP contribution in [0.25, 0.3) is 5.52 Å². The number of ketones is 2. The van der Waals surface area contributed by atoms with Crippen LogP contribution < -0.4 is 5.11 Å². The van der Waals surface area contributed by atoms with E-state index >= 15 is 0 Å². The first-order chi connectivity index (χ1) is 10.6. The Morgan fingerprint density at radius 2 is 1.55 bits per heavy atom. The van der Waals surface area contributed by atoms with E-state index in [-0.39, 0.29) is 39.2 Å². The highest BCUT2D eigenvalue weighted by molar-refractivity contribution is 6.31. The van der Waals surface area contributed by atoms with Crippen LogP contribution in [-0.4, -0.2) is 21.9 Å². The van der Waals surface area contributed by atoms with Crippen molar-refractivity contribution in [3.05, 3.63) is 76.6 Å². The van der Waals surface area contributed by atoms with Crippen LogP contribution >= 0.6 is 0 Å². The summed E-state index contributed by atoms with van der Waals surface area (Å²) in [7, 11) is 0. The summed E-state index contributed by atoms with van der Waals surface area (Å²) >= 11 is 0. The molecule has 2 aromatic heterocycles. The summed E-state index contributed by atoms with van der Waals surface area (Å²) in [6.45, 7) is 0. The minimum absolute atomic E-state index is 0.0819. The van der Waals surface area contributed by atoms with Crippen LogP contribution in [0, 0.1) is 0 Å². The van der Waals surface area contributed by atoms with Crippen molar-refractivity contribution in [1.29, 1.82) is 0 Å². The molecule has 22 heavy (non-hydrogen) atoms. The topological polar surface area (TPSA) is 78.7 Å². The van der Waals surface area contributed by atoms with Crippen LogP contribution in [0.4, 0.5) is 0 Å². The summed E-state index contributed by atoms with van der Waals surface area (Å²) in [5.41, 5.74) is 0.547. The van der Waals surface area contributed by atoms with E-state index in [0.717, 1.165) is 0 Å². The maximum atomic E-state index is 12.7. The Labute approximate surface area is 124 Å². The number of carboxylic acid groups (broad SMARTS) is 1. The second-order valence-corrected chi connectivity index (χ2v) is 5.05. The average Bonchev–Trinajstić information content (AvgIpc) is 2.88. The molecule has 1 aliphatic carbocycles. The van der Waals surface area contributed by atoms with Gasteiger partial charge >= 0.3 is 0 Å². The first kappa shape index (κ1) is 12.5. The van der Waals surface area contributed by atoms with Crippen molar-refractivity contribution in [2.45, 2.75) is 0 Å². The van der Waals surface area contributed by atoms with Crippen molar-refractivity contribution >= 4 is 23.1 Å². The number of aromatic carboxylic acids is 1. The minimum atomic E-state index is -1.47. The van der Waals surface area contributed by atoms with E-state index in [1.807, 2.05) is 0 Å². The van der Waals surface area contributed by atoms with Crippen molar-refractivity contribution in [1.82, 2.24) is 4.40 Å². The molecular formula is C17H8NO4-. The van der Waals surface area contributed by atoms with Gasteiger partial charge in [-0.1, -0.05) is 30.3 Å². The van der Waals surface area contributed by atoms with Gasteiger partial charge in [0.05, 0.1) is 17.0 Å². The molecule has 4 rings (SSSR count). The first-order valence-corrected chi connectivity index (χ1v) is 6.64. The van der Waals surface area contributed by atoms with Crippen LogP contribution in [0.15, 0.2) is 48.7 Å². The highest BCUT2D eigenvalue weighted by Crippen LogP contribution is 2.33. The van der Waals surface area contributed by atoms with Crippen molar-refractivity contribution < 1.29 is 19.5 Å². The molecule has 0 bridgehead atoms. The number of aromatic nitrogens is 1. The molecule has 5 nitrogen and oxygen atoms in total. The number of carbonyl (C=O) groups excluding carboxylic acids is 3. The molecule has 106 valence electrons. The average molecular weight is 290 g/mol. The summed E-state index contributed by atoms with van der Waals surface area (Å²) in [5.74, 6) is -2.29.